The maximum atomic E-state index is 12.6. The first kappa shape index (κ1) is 23.3. The number of methoxy groups -OCH3 is 1. The topological polar surface area (TPSA) is 79.9 Å². The molecule has 2 amide bonds. The van der Waals surface area contributed by atoms with Gasteiger partial charge in [0, 0.05) is 23.7 Å². The molecule has 8 heteroatoms. The first-order valence-corrected chi connectivity index (χ1v) is 10.2. The normalized spacial score (nSPS) is 15.0. The molecular weight excluding hydrogens is 394 g/mol. The van der Waals surface area contributed by atoms with Gasteiger partial charge in [-0.3, -0.25) is 9.69 Å². The standard InChI is InChI=1S/C21H32ClN3O4/c1-13-9-16(18(28-6)10-15(13)22)24-19(26)12-25(5)17(14-7-8-14)11-23-20(27)29-21(2,3)4/h9-10,14,17H,7-8,11-12H2,1-6H3,(H,23,27)(H,24,26)/t17-/m1/s1. The van der Waals surface area contributed by atoms with Crippen LogP contribution in [-0.2, 0) is 9.53 Å². The van der Waals surface area contributed by atoms with E-state index >= 15 is 0 Å². The van der Waals surface area contributed by atoms with E-state index in [4.69, 9.17) is 21.1 Å². The smallest absolute Gasteiger partial charge is 0.407 e. The zero-order chi connectivity index (χ0) is 21.8. The lowest BCUT2D eigenvalue weighted by atomic mass is 10.1. The molecule has 162 valence electrons. The second kappa shape index (κ2) is 9.67. The van der Waals surface area contributed by atoms with Gasteiger partial charge in [0.2, 0.25) is 5.91 Å². The van der Waals surface area contributed by atoms with Gasteiger partial charge in [0.15, 0.2) is 0 Å². The fraction of sp³-hybridized carbons (Fsp3) is 0.619. The number of nitrogens with zero attached hydrogens (tertiary/aromatic N) is 1. The molecule has 29 heavy (non-hydrogen) atoms. The minimum Gasteiger partial charge on any atom is -0.495 e. The number of rotatable bonds is 8. The molecule has 0 aromatic heterocycles. The number of halogens is 1. The fourth-order valence-electron chi connectivity index (χ4n) is 3.13. The minimum absolute atomic E-state index is 0.0714. The highest BCUT2D eigenvalue weighted by atomic mass is 35.5. The number of carbonyl (C=O) groups is 2. The average Bonchev–Trinajstić information content (AvgIpc) is 3.41. The van der Waals surface area contributed by atoms with Crippen molar-refractivity contribution in [2.75, 3.05) is 32.6 Å². The molecule has 2 rings (SSSR count). The van der Waals surface area contributed by atoms with Crippen molar-refractivity contribution in [3.63, 3.8) is 0 Å². The van der Waals surface area contributed by atoms with Gasteiger partial charge in [-0.25, -0.2) is 4.79 Å². The second-order valence-corrected chi connectivity index (χ2v) is 8.96. The summed E-state index contributed by atoms with van der Waals surface area (Å²) in [6.07, 6.45) is 1.75. The zero-order valence-electron chi connectivity index (χ0n) is 18.1. The van der Waals surface area contributed by atoms with Gasteiger partial charge >= 0.3 is 6.09 Å². The van der Waals surface area contributed by atoms with Crippen LogP contribution in [0.25, 0.3) is 0 Å². The molecule has 0 aliphatic heterocycles. The lowest BCUT2D eigenvalue weighted by molar-refractivity contribution is -0.117. The molecule has 0 bridgehead atoms. The van der Waals surface area contributed by atoms with Gasteiger partial charge in [0.25, 0.3) is 0 Å². The van der Waals surface area contributed by atoms with Gasteiger partial charge < -0.3 is 20.1 Å². The minimum atomic E-state index is -0.541. The number of ether oxygens (including phenoxy) is 2. The Kier molecular flexibility index (Phi) is 7.77. The number of nitrogens with one attached hydrogen (secondary N) is 2. The molecule has 1 aromatic carbocycles. The third-order valence-corrected chi connectivity index (χ3v) is 5.14. The van der Waals surface area contributed by atoms with E-state index < -0.39 is 11.7 Å². The summed E-state index contributed by atoms with van der Waals surface area (Å²) in [5, 5.41) is 6.30. The number of benzene rings is 1. The summed E-state index contributed by atoms with van der Waals surface area (Å²) in [4.78, 5) is 26.5. The van der Waals surface area contributed by atoms with Crippen molar-refractivity contribution in [1.29, 1.82) is 0 Å². The van der Waals surface area contributed by atoms with Gasteiger partial charge in [-0.15, -0.1) is 0 Å². The van der Waals surface area contributed by atoms with E-state index in [1.54, 1.807) is 12.1 Å². The number of anilines is 1. The third-order valence-electron chi connectivity index (χ3n) is 4.73. The zero-order valence-corrected chi connectivity index (χ0v) is 18.9. The Hall–Kier alpha value is -1.99. The molecule has 1 aromatic rings. The van der Waals surface area contributed by atoms with Crippen molar-refractivity contribution in [3.8, 4) is 5.75 Å². The summed E-state index contributed by atoms with van der Waals surface area (Å²) < 4.78 is 10.6. The first-order chi connectivity index (χ1) is 13.5. The molecule has 2 N–H and O–H groups in total. The largest absolute Gasteiger partial charge is 0.495 e. The summed E-state index contributed by atoms with van der Waals surface area (Å²) in [6.45, 7) is 7.99. The Balaban J connectivity index is 1.94. The molecule has 1 aliphatic rings. The van der Waals surface area contributed by atoms with Crippen LogP contribution in [0.5, 0.6) is 5.75 Å². The predicted octanol–water partition coefficient (Wildman–Crippen LogP) is 3.83. The van der Waals surface area contributed by atoms with Crippen LogP contribution in [0.4, 0.5) is 10.5 Å². The molecule has 0 unspecified atom stereocenters. The van der Waals surface area contributed by atoms with E-state index in [1.165, 1.54) is 7.11 Å². The number of likely N-dealkylation sites (N-methyl/N-ethyl adjacent to an activating group) is 1. The number of aryl methyl sites for hydroxylation is 1. The van der Waals surface area contributed by atoms with Gasteiger partial charge in [0.1, 0.15) is 11.4 Å². The van der Waals surface area contributed by atoms with E-state index in [0.29, 0.717) is 28.9 Å². The summed E-state index contributed by atoms with van der Waals surface area (Å²) >= 11 is 6.12. The molecule has 1 aliphatic carbocycles. The first-order valence-electron chi connectivity index (χ1n) is 9.81. The third kappa shape index (κ3) is 7.40. The van der Waals surface area contributed by atoms with Crippen molar-refractivity contribution in [2.45, 2.75) is 52.2 Å². The molecule has 0 spiro atoms. The highest BCUT2D eigenvalue weighted by molar-refractivity contribution is 6.31. The van der Waals surface area contributed by atoms with Gasteiger partial charge in [0.05, 0.1) is 19.3 Å². The van der Waals surface area contributed by atoms with Crippen LogP contribution in [0.1, 0.15) is 39.2 Å². The van der Waals surface area contributed by atoms with Crippen molar-refractivity contribution in [1.82, 2.24) is 10.2 Å². The summed E-state index contributed by atoms with van der Waals surface area (Å²) in [7, 11) is 3.43. The Morgan fingerprint density at radius 1 is 1.31 bits per heavy atom. The SMILES string of the molecule is COc1cc(Cl)c(C)cc1NC(=O)CN(C)[C@H](CNC(=O)OC(C)(C)C)C1CC1. The summed E-state index contributed by atoms with van der Waals surface area (Å²) in [6, 6.07) is 3.55. The molecule has 0 saturated heterocycles. The predicted molar refractivity (Wildman–Crippen MR) is 115 cm³/mol. The number of hydrogen-bond donors (Lipinski definition) is 2. The number of amides is 2. The van der Waals surface area contributed by atoms with E-state index in [0.717, 1.165) is 18.4 Å². The monoisotopic (exact) mass is 425 g/mol. The van der Waals surface area contributed by atoms with Crippen LogP contribution >= 0.6 is 11.6 Å². The maximum absolute atomic E-state index is 12.6. The maximum Gasteiger partial charge on any atom is 0.407 e. The van der Waals surface area contributed by atoms with Crippen LogP contribution in [0.15, 0.2) is 12.1 Å². The van der Waals surface area contributed by atoms with Crippen molar-refractivity contribution >= 4 is 29.3 Å². The highest BCUT2D eigenvalue weighted by Crippen LogP contribution is 2.35. The highest BCUT2D eigenvalue weighted by Gasteiger charge is 2.35. The molecule has 0 heterocycles. The Bertz CT molecular complexity index is 744. The van der Waals surface area contributed by atoms with E-state index in [9.17, 15) is 9.59 Å². The molecule has 1 saturated carbocycles. The molecule has 7 nitrogen and oxygen atoms in total. The Labute approximate surface area is 178 Å². The lowest BCUT2D eigenvalue weighted by Gasteiger charge is -2.28. The van der Waals surface area contributed by atoms with Crippen LogP contribution in [0, 0.1) is 12.8 Å². The van der Waals surface area contributed by atoms with Crippen LogP contribution in [0.3, 0.4) is 0 Å². The lowest BCUT2D eigenvalue weighted by Crippen LogP contribution is -2.47. The fourth-order valence-corrected chi connectivity index (χ4v) is 3.28. The second-order valence-electron chi connectivity index (χ2n) is 8.55. The van der Waals surface area contributed by atoms with Crippen molar-refractivity contribution in [2.24, 2.45) is 5.92 Å². The molecule has 1 fully saturated rings. The van der Waals surface area contributed by atoms with Gasteiger partial charge in [-0.05, 0) is 65.1 Å². The van der Waals surface area contributed by atoms with Crippen molar-refractivity contribution < 1.29 is 19.1 Å². The number of alkyl carbamates (subject to hydrolysis) is 1. The molecule has 0 radical (unpaired) electrons. The average molecular weight is 426 g/mol. The van der Waals surface area contributed by atoms with Crippen molar-refractivity contribution in [3.05, 3.63) is 22.7 Å². The molecule has 1 atom stereocenters. The number of carbonyl (C=O) groups excluding carboxylic acids is 2. The van der Waals surface area contributed by atoms with Crippen LogP contribution in [-0.4, -0.2) is 55.8 Å². The summed E-state index contributed by atoms with van der Waals surface area (Å²) in [5.41, 5.74) is 0.900. The Morgan fingerprint density at radius 3 is 2.52 bits per heavy atom. The quantitative estimate of drug-likeness (QED) is 0.661. The van der Waals surface area contributed by atoms with Crippen LogP contribution < -0.4 is 15.4 Å². The van der Waals surface area contributed by atoms with E-state index in [1.807, 2.05) is 39.6 Å². The van der Waals surface area contributed by atoms with Crippen LogP contribution in [0.2, 0.25) is 5.02 Å². The van der Waals surface area contributed by atoms with E-state index in [2.05, 4.69) is 10.6 Å². The van der Waals surface area contributed by atoms with Gasteiger partial charge in [-0.1, -0.05) is 11.6 Å². The molecular formula is C21H32ClN3O4. The van der Waals surface area contributed by atoms with Gasteiger partial charge in [-0.2, -0.15) is 0 Å². The number of hydrogen-bond acceptors (Lipinski definition) is 5. The van der Waals surface area contributed by atoms with E-state index in [-0.39, 0.29) is 18.5 Å². The summed E-state index contributed by atoms with van der Waals surface area (Å²) in [5.74, 6) is 0.826. The Morgan fingerprint density at radius 2 is 1.97 bits per heavy atom.